The minimum absolute atomic E-state index is 0.0754. The van der Waals surface area contributed by atoms with Crippen LogP contribution in [0.3, 0.4) is 0 Å². The first-order chi connectivity index (χ1) is 9.23. The smallest absolute Gasteiger partial charge is 0.380 e. The predicted octanol–water partition coefficient (Wildman–Crippen LogP) is 1.42. The zero-order chi connectivity index (χ0) is 15.0. The van der Waals surface area contributed by atoms with Gasteiger partial charge in [-0.25, -0.2) is 0 Å². The molecule has 0 aromatic heterocycles. The van der Waals surface area contributed by atoms with Gasteiger partial charge in [0.25, 0.3) is 0 Å². The van der Waals surface area contributed by atoms with E-state index in [-0.39, 0.29) is 30.7 Å². The maximum Gasteiger partial charge on any atom is 0.417 e. The highest BCUT2D eigenvalue weighted by Crippen LogP contribution is 2.42. The van der Waals surface area contributed by atoms with Crippen LogP contribution in [0.15, 0.2) is 0 Å². The fraction of sp³-hybridized carbons (Fsp3) is 0.923. The van der Waals surface area contributed by atoms with Crippen molar-refractivity contribution in [3.05, 3.63) is 0 Å². The van der Waals surface area contributed by atoms with E-state index in [4.69, 9.17) is 5.73 Å². The van der Waals surface area contributed by atoms with Gasteiger partial charge in [0.1, 0.15) is 0 Å². The van der Waals surface area contributed by atoms with Crippen LogP contribution in [0.25, 0.3) is 0 Å². The molecule has 0 aromatic rings. The molecule has 1 aliphatic heterocycles. The number of alkyl halides is 3. The molecule has 20 heavy (non-hydrogen) atoms. The van der Waals surface area contributed by atoms with Crippen LogP contribution in [0.2, 0.25) is 0 Å². The van der Waals surface area contributed by atoms with Gasteiger partial charge in [0.2, 0.25) is 5.91 Å². The van der Waals surface area contributed by atoms with Crippen molar-refractivity contribution in [2.45, 2.75) is 56.3 Å². The molecule has 2 aliphatic rings. The van der Waals surface area contributed by atoms with E-state index < -0.39 is 11.8 Å². The Morgan fingerprint density at radius 2 is 1.65 bits per heavy atom. The monoisotopic (exact) mass is 294 g/mol. The molecule has 0 radical (unpaired) electrons. The molecule has 0 bridgehead atoms. The predicted molar refractivity (Wildman–Crippen MR) is 66.8 cm³/mol. The van der Waals surface area contributed by atoms with Gasteiger partial charge >= 0.3 is 6.18 Å². The quantitative estimate of drug-likeness (QED) is 0.809. The number of nitrogens with zero attached hydrogens (tertiary/aromatic N) is 1. The number of hydrogen-bond acceptors (Lipinski definition) is 3. The van der Waals surface area contributed by atoms with Crippen LogP contribution in [0, 0.1) is 5.92 Å². The average molecular weight is 294 g/mol. The van der Waals surface area contributed by atoms with Crippen molar-refractivity contribution < 1.29 is 23.1 Å². The van der Waals surface area contributed by atoms with E-state index in [1.54, 1.807) is 0 Å². The van der Waals surface area contributed by atoms with E-state index in [9.17, 15) is 23.1 Å². The molecule has 1 saturated heterocycles. The van der Waals surface area contributed by atoms with Gasteiger partial charge < -0.3 is 15.7 Å². The van der Waals surface area contributed by atoms with Crippen molar-refractivity contribution in [3.8, 4) is 0 Å². The van der Waals surface area contributed by atoms with Gasteiger partial charge in [-0.15, -0.1) is 0 Å². The Balaban J connectivity index is 1.85. The van der Waals surface area contributed by atoms with Crippen molar-refractivity contribution in [1.29, 1.82) is 0 Å². The van der Waals surface area contributed by atoms with E-state index >= 15 is 0 Å². The molecule has 1 amide bonds. The minimum atomic E-state index is -4.54. The molecule has 2 rings (SSSR count). The van der Waals surface area contributed by atoms with Crippen molar-refractivity contribution in [2.24, 2.45) is 11.7 Å². The topological polar surface area (TPSA) is 66.6 Å². The Morgan fingerprint density at radius 1 is 1.15 bits per heavy atom. The molecular formula is C13H21F3N2O2. The van der Waals surface area contributed by atoms with Crippen LogP contribution in [0.4, 0.5) is 13.2 Å². The molecule has 4 nitrogen and oxygen atoms in total. The van der Waals surface area contributed by atoms with E-state index in [1.165, 1.54) is 0 Å². The third-order valence-corrected chi connectivity index (χ3v) is 4.76. The molecule has 0 spiro atoms. The summed E-state index contributed by atoms with van der Waals surface area (Å²) in [6.07, 6.45) is -2.98. The number of primary amides is 1. The number of carbonyl (C=O) groups excluding carboxylic acids is 1. The second-order valence-corrected chi connectivity index (χ2v) is 5.97. The number of aliphatic hydroxyl groups is 1. The number of rotatable bonds is 2. The first-order valence-electron chi connectivity index (χ1n) is 7.05. The van der Waals surface area contributed by atoms with Crippen molar-refractivity contribution in [3.63, 3.8) is 0 Å². The minimum Gasteiger partial charge on any atom is -0.380 e. The van der Waals surface area contributed by atoms with Gasteiger partial charge in [0.05, 0.1) is 0 Å². The molecule has 1 heterocycles. The first-order valence-corrected chi connectivity index (χ1v) is 7.05. The average Bonchev–Trinajstić information content (AvgIpc) is 2.38. The zero-order valence-corrected chi connectivity index (χ0v) is 11.3. The Bertz CT molecular complexity index is 357. The van der Waals surface area contributed by atoms with Crippen LogP contribution in [0.5, 0.6) is 0 Å². The van der Waals surface area contributed by atoms with E-state index in [1.807, 2.05) is 0 Å². The van der Waals surface area contributed by atoms with E-state index in [0.29, 0.717) is 38.8 Å². The highest BCUT2D eigenvalue weighted by atomic mass is 19.4. The zero-order valence-electron chi connectivity index (χ0n) is 11.3. The van der Waals surface area contributed by atoms with Gasteiger partial charge in [-0.3, -0.25) is 4.79 Å². The lowest BCUT2D eigenvalue weighted by Crippen LogP contribution is -2.52. The Hall–Kier alpha value is -0.820. The van der Waals surface area contributed by atoms with Gasteiger partial charge in [-0.2, -0.15) is 13.2 Å². The lowest BCUT2D eigenvalue weighted by molar-refractivity contribution is -0.272. The van der Waals surface area contributed by atoms with Gasteiger partial charge in [0, 0.05) is 12.0 Å². The van der Waals surface area contributed by atoms with Crippen LogP contribution >= 0.6 is 0 Å². The fourth-order valence-corrected chi connectivity index (χ4v) is 3.28. The number of carbonyl (C=O) groups is 1. The van der Waals surface area contributed by atoms with Gasteiger partial charge in [-0.05, 0) is 51.6 Å². The maximum absolute atomic E-state index is 12.7. The summed E-state index contributed by atoms with van der Waals surface area (Å²) in [4.78, 5) is 13.2. The molecule has 0 aromatic carbocycles. The highest BCUT2D eigenvalue weighted by molar-refractivity contribution is 5.76. The van der Waals surface area contributed by atoms with E-state index in [0.717, 1.165) is 0 Å². The second kappa shape index (κ2) is 5.52. The number of halogens is 3. The first kappa shape index (κ1) is 15.6. The third kappa shape index (κ3) is 3.09. The molecule has 3 N–H and O–H groups in total. The summed E-state index contributed by atoms with van der Waals surface area (Å²) in [5.74, 6) is -0.401. The third-order valence-electron chi connectivity index (χ3n) is 4.76. The van der Waals surface area contributed by atoms with Gasteiger partial charge in [0.15, 0.2) is 5.60 Å². The number of piperidine rings is 1. The normalized spacial score (nSPS) is 34.1. The highest BCUT2D eigenvalue weighted by Gasteiger charge is 2.55. The summed E-state index contributed by atoms with van der Waals surface area (Å²) in [5, 5.41) is 9.63. The molecule has 0 atom stereocenters. The van der Waals surface area contributed by atoms with Crippen LogP contribution in [0.1, 0.15) is 38.5 Å². The second-order valence-electron chi connectivity index (χ2n) is 5.97. The standard InChI is InChI=1S/C13H21F3N2O2/c14-13(15,16)12(20)5-1-10(2-6-12)18-7-3-9(4-8-18)11(17)19/h9-10,20H,1-8H2,(H2,17,19). The summed E-state index contributed by atoms with van der Waals surface area (Å²) in [6, 6.07) is 0.0754. The summed E-state index contributed by atoms with van der Waals surface area (Å²) in [7, 11) is 0. The Kier molecular flexibility index (Phi) is 4.30. The molecular weight excluding hydrogens is 273 g/mol. The van der Waals surface area contributed by atoms with Gasteiger partial charge in [-0.1, -0.05) is 0 Å². The van der Waals surface area contributed by atoms with Crippen LogP contribution < -0.4 is 5.73 Å². The van der Waals surface area contributed by atoms with Crippen LogP contribution in [-0.2, 0) is 4.79 Å². The van der Waals surface area contributed by atoms with E-state index in [2.05, 4.69) is 4.90 Å². The molecule has 1 aliphatic carbocycles. The summed E-state index contributed by atoms with van der Waals surface area (Å²) in [5.41, 5.74) is 2.74. The summed E-state index contributed by atoms with van der Waals surface area (Å²) < 4.78 is 38.2. The lowest BCUT2D eigenvalue weighted by atomic mass is 9.80. The number of nitrogens with two attached hydrogens (primary N) is 1. The molecule has 0 unspecified atom stereocenters. The lowest BCUT2D eigenvalue weighted by Gasteiger charge is -2.43. The SMILES string of the molecule is NC(=O)C1CCN(C2CCC(O)(C(F)(F)F)CC2)CC1. The van der Waals surface area contributed by atoms with Crippen molar-refractivity contribution in [2.75, 3.05) is 13.1 Å². The Labute approximate surface area is 116 Å². The van der Waals surface area contributed by atoms with Crippen molar-refractivity contribution >= 4 is 5.91 Å². The number of amides is 1. The fourth-order valence-electron chi connectivity index (χ4n) is 3.28. The number of likely N-dealkylation sites (tertiary alicyclic amines) is 1. The number of hydrogen-bond donors (Lipinski definition) is 2. The molecule has 116 valence electrons. The van der Waals surface area contributed by atoms with Crippen LogP contribution in [-0.4, -0.2) is 46.8 Å². The molecule has 1 saturated carbocycles. The molecule has 2 fully saturated rings. The summed E-state index contributed by atoms with van der Waals surface area (Å²) >= 11 is 0. The summed E-state index contributed by atoms with van der Waals surface area (Å²) in [6.45, 7) is 1.39. The Morgan fingerprint density at radius 3 is 2.05 bits per heavy atom. The largest absolute Gasteiger partial charge is 0.417 e. The maximum atomic E-state index is 12.7. The molecule has 7 heteroatoms. The van der Waals surface area contributed by atoms with Crippen molar-refractivity contribution in [1.82, 2.24) is 4.90 Å².